The minimum absolute atomic E-state index is 0.00653. The van der Waals surface area contributed by atoms with Crippen LogP contribution in [0, 0.1) is 11.8 Å². The Morgan fingerprint density at radius 1 is 1.00 bits per heavy atom. The summed E-state index contributed by atoms with van der Waals surface area (Å²) in [7, 11) is 0. The first-order valence-corrected chi connectivity index (χ1v) is 14.3. The minimum atomic E-state index is -0.903. The second-order valence-electron chi connectivity index (χ2n) is 12.6. The number of benzene rings is 2. The molecule has 194 valence electrons. The number of aliphatic hydroxyl groups is 1. The summed E-state index contributed by atoms with van der Waals surface area (Å²) in [4.78, 5) is 18.4. The Kier molecular flexibility index (Phi) is 4.68. The number of hydrogen-bond acceptors (Lipinski definition) is 5. The number of piperidine rings is 1. The summed E-state index contributed by atoms with van der Waals surface area (Å²) < 4.78 is 6.71. The van der Waals surface area contributed by atoms with Crippen molar-refractivity contribution >= 4 is 5.91 Å². The highest BCUT2D eigenvalue weighted by molar-refractivity contribution is 5.82. The largest absolute Gasteiger partial charge is 0.504 e. The Balaban J connectivity index is 1.16. The maximum absolute atomic E-state index is 13.8. The topological polar surface area (TPSA) is 73.2 Å². The number of likely N-dealkylation sites (tertiary alicyclic amines) is 2. The number of amides is 1. The van der Waals surface area contributed by atoms with Crippen LogP contribution in [0.2, 0.25) is 0 Å². The molecule has 8 rings (SSSR count). The van der Waals surface area contributed by atoms with Gasteiger partial charge in [0.15, 0.2) is 11.5 Å². The molecule has 2 bridgehead atoms. The average Bonchev–Trinajstić information content (AvgIpc) is 3.55. The summed E-state index contributed by atoms with van der Waals surface area (Å²) in [6.45, 7) is 2.75. The van der Waals surface area contributed by atoms with Gasteiger partial charge in [0.25, 0.3) is 0 Å². The van der Waals surface area contributed by atoms with Gasteiger partial charge in [0.1, 0.15) is 6.10 Å². The number of phenolic OH excluding ortho intramolecular Hbond substituents is 1. The standard InChI is InChI=1S/C31H36N2O4/c34-24-9-8-21-17-25-31(36)12-10-23(33-14-11-22(29(33)35)16-19-4-2-1-3-5-19)28-30(31,26(21)27(24)37-28)13-15-32(25)18-20-6-7-20/h1-5,8-9,20,22-23,25,28,34,36H,6-7,10-18H2/t22?,23-,25-,28+,30+,31-/m1/s1. The van der Waals surface area contributed by atoms with Gasteiger partial charge < -0.3 is 19.8 Å². The van der Waals surface area contributed by atoms with Gasteiger partial charge in [0.05, 0.1) is 17.1 Å². The third-order valence-electron chi connectivity index (χ3n) is 10.8. The number of carbonyl (C=O) groups is 1. The number of phenols is 1. The van der Waals surface area contributed by atoms with Crippen LogP contribution in [0.15, 0.2) is 42.5 Å². The van der Waals surface area contributed by atoms with Crippen molar-refractivity contribution < 1.29 is 19.7 Å². The molecule has 1 spiro atoms. The van der Waals surface area contributed by atoms with Gasteiger partial charge in [-0.1, -0.05) is 36.4 Å². The van der Waals surface area contributed by atoms with E-state index in [9.17, 15) is 15.0 Å². The Bertz CT molecular complexity index is 1260. The van der Waals surface area contributed by atoms with Gasteiger partial charge in [-0.05, 0) is 81.0 Å². The van der Waals surface area contributed by atoms with Crippen LogP contribution in [0.3, 0.4) is 0 Å². The molecular weight excluding hydrogens is 464 g/mol. The van der Waals surface area contributed by atoms with Crippen LogP contribution in [-0.4, -0.2) is 69.3 Å². The summed E-state index contributed by atoms with van der Waals surface area (Å²) in [5.74, 6) is 1.71. The molecule has 0 radical (unpaired) electrons. The predicted octanol–water partition coefficient (Wildman–Crippen LogP) is 3.42. The molecule has 6 heteroatoms. The van der Waals surface area contributed by atoms with Crippen molar-refractivity contribution in [3.05, 3.63) is 59.2 Å². The molecule has 2 aromatic rings. The Labute approximate surface area is 218 Å². The average molecular weight is 501 g/mol. The molecule has 3 aliphatic heterocycles. The van der Waals surface area contributed by atoms with Gasteiger partial charge in [-0.2, -0.15) is 0 Å². The Morgan fingerprint density at radius 3 is 2.65 bits per heavy atom. The highest BCUT2D eigenvalue weighted by Crippen LogP contribution is 2.66. The fourth-order valence-corrected chi connectivity index (χ4v) is 8.95. The second kappa shape index (κ2) is 7.73. The quantitative estimate of drug-likeness (QED) is 0.658. The lowest BCUT2D eigenvalue weighted by molar-refractivity contribution is -0.200. The van der Waals surface area contributed by atoms with Crippen molar-refractivity contribution in [3.63, 3.8) is 0 Å². The summed E-state index contributed by atoms with van der Waals surface area (Å²) in [5.41, 5.74) is 1.98. The molecule has 2 aromatic carbocycles. The van der Waals surface area contributed by atoms with Crippen molar-refractivity contribution in [2.45, 2.75) is 80.6 Å². The number of nitrogens with zero attached hydrogens (tertiary/aromatic N) is 2. The number of ether oxygens (including phenoxy) is 1. The first-order chi connectivity index (χ1) is 18.0. The molecule has 6 atom stereocenters. The lowest BCUT2D eigenvalue weighted by Gasteiger charge is -2.64. The van der Waals surface area contributed by atoms with E-state index in [2.05, 4.69) is 28.0 Å². The van der Waals surface area contributed by atoms with E-state index in [4.69, 9.17) is 4.74 Å². The minimum Gasteiger partial charge on any atom is -0.504 e. The fraction of sp³-hybridized carbons (Fsp3) is 0.581. The van der Waals surface area contributed by atoms with E-state index in [-0.39, 0.29) is 35.8 Å². The molecule has 2 saturated carbocycles. The van der Waals surface area contributed by atoms with Gasteiger partial charge in [0.2, 0.25) is 5.91 Å². The van der Waals surface area contributed by atoms with E-state index in [1.807, 2.05) is 18.2 Å². The van der Waals surface area contributed by atoms with E-state index in [1.54, 1.807) is 6.07 Å². The molecule has 3 aliphatic carbocycles. The smallest absolute Gasteiger partial charge is 0.226 e. The molecule has 2 N–H and O–H groups in total. The van der Waals surface area contributed by atoms with Crippen LogP contribution in [0.5, 0.6) is 11.5 Å². The normalized spacial score (nSPS) is 38.0. The van der Waals surface area contributed by atoms with Crippen molar-refractivity contribution in [1.29, 1.82) is 0 Å². The van der Waals surface area contributed by atoms with Gasteiger partial charge in [0, 0.05) is 30.6 Å². The van der Waals surface area contributed by atoms with Crippen LogP contribution in [-0.2, 0) is 23.1 Å². The Morgan fingerprint density at radius 2 is 1.84 bits per heavy atom. The molecule has 1 unspecified atom stereocenters. The van der Waals surface area contributed by atoms with E-state index in [0.29, 0.717) is 12.2 Å². The lowest BCUT2D eigenvalue weighted by atomic mass is 9.48. The predicted molar refractivity (Wildman–Crippen MR) is 139 cm³/mol. The number of rotatable bonds is 5. The maximum Gasteiger partial charge on any atom is 0.226 e. The third kappa shape index (κ3) is 2.97. The maximum atomic E-state index is 13.8. The van der Waals surface area contributed by atoms with Gasteiger partial charge >= 0.3 is 0 Å². The van der Waals surface area contributed by atoms with Crippen molar-refractivity contribution in [1.82, 2.24) is 9.80 Å². The molecule has 1 amide bonds. The monoisotopic (exact) mass is 500 g/mol. The van der Waals surface area contributed by atoms with Gasteiger partial charge in [-0.3, -0.25) is 9.69 Å². The highest BCUT2D eigenvalue weighted by Gasteiger charge is 2.73. The summed E-state index contributed by atoms with van der Waals surface area (Å²) >= 11 is 0. The molecule has 0 aromatic heterocycles. The molecule has 3 heterocycles. The SMILES string of the molecule is O=C1C(Cc2ccccc2)CCN1[C@@H]1CC[C@@]2(O)[C@H]3Cc4ccc(O)c5c4[C@@]2(CCN3CC2CC2)[C@H]1O5. The first-order valence-electron chi connectivity index (χ1n) is 14.3. The first kappa shape index (κ1) is 22.4. The summed E-state index contributed by atoms with van der Waals surface area (Å²) in [5, 5.41) is 23.6. The zero-order valence-electron chi connectivity index (χ0n) is 21.3. The lowest BCUT2D eigenvalue weighted by Crippen LogP contribution is -2.78. The fourth-order valence-electron chi connectivity index (χ4n) is 8.95. The third-order valence-corrected chi connectivity index (χ3v) is 10.8. The van der Waals surface area contributed by atoms with E-state index < -0.39 is 11.0 Å². The van der Waals surface area contributed by atoms with Crippen LogP contribution in [0.1, 0.15) is 55.2 Å². The van der Waals surface area contributed by atoms with E-state index >= 15 is 0 Å². The molecule has 37 heavy (non-hydrogen) atoms. The van der Waals surface area contributed by atoms with Gasteiger partial charge in [-0.15, -0.1) is 0 Å². The Hall–Kier alpha value is -2.57. The molecule has 6 nitrogen and oxygen atoms in total. The zero-order chi connectivity index (χ0) is 24.9. The molecule has 6 aliphatic rings. The van der Waals surface area contributed by atoms with Crippen molar-refractivity contribution in [3.8, 4) is 11.5 Å². The van der Waals surface area contributed by atoms with Crippen molar-refractivity contribution in [2.24, 2.45) is 11.8 Å². The van der Waals surface area contributed by atoms with Crippen molar-refractivity contribution in [2.75, 3.05) is 19.6 Å². The van der Waals surface area contributed by atoms with Crippen LogP contribution in [0.25, 0.3) is 0 Å². The zero-order valence-corrected chi connectivity index (χ0v) is 21.3. The van der Waals surface area contributed by atoms with Gasteiger partial charge in [-0.25, -0.2) is 0 Å². The van der Waals surface area contributed by atoms with E-state index in [1.165, 1.54) is 24.0 Å². The summed E-state index contributed by atoms with van der Waals surface area (Å²) in [6, 6.07) is 14.1. The molecular formula is C31H36N2O4. The number of aromatic hydroxyl groups is 1. The molecule has 2 saturated heterocycles. The number of carbonyl (C=O) groups excluding carboxylic acids is 1. The van der Waals surface area contributed by atoms with Crippen LogP contribution >= 0.6 is 0 Å². The van der Waals surface area contributed by atoms with Crippen LogP contribution < -0.4 is 4.74 Å². The van der Waals surface area contributed by atoms with E-state index in [0.717, 1.165) is 63.2 Å². The summed E-state index contributed by atoms with van der Waals surface area (Å²) in [6.07, 6.45) is 6.94. The second-order valence-corrected chi connectivity index (χ2v) is 12.6. The van der Waals surface area contributed by atoms with Crippen LogP contribution in [0.4, 0.5) is 0 Å². The highest BCUT2D eigenvalue weighted by atomic mass is 16.5. The molecule has 4 fully saturated rings. The number of hydrogen-bond donors (Lipinski definition) is 2.